The van der Waals surface area contributed by atoms with E-state index in [1.54, 1.807) is 67.2 Å². The summed E-state index contributed by atoms with van der Waals surface area (Å²) in [6.45, 7) is 6.59. The topological polar surface area (TPSA) is 111 Å². The van der Waals surface area contributed by atoms with Gasteiger partial charge in [-0.15, -0.1) is 0 Å². The third-order valence-electron chi connectivity index (χ3n) is 11.0. The first-order valence-electron chi connectivity index (χ1n) is 19.9. The summed E-state index contributed by atoms with van der Waals surface area (Å²) in [7, 11) is 6.78. The van der Waals surface area contributed by atoms with Crippen molar-refractivity contribution in [2.45, 2.75) is 52.6 Å². The van der Waals surface area contributed by atoms with Crippen LogP contribution in [0.1, 0.15) is 63.7 Å². The van der Waals surface area contributed by atoms with Crippen molar-refractivity contribution in [3.8, 4) is 0 Å². The van der Waals surface area contributed by atoms with E-state index in [9.17, 15) is 24.3 Å². The van der Waals surface area contributed by atoms with Crippen molar-refractivity contribution in [3.05, 3.63) is 155 Å². The highest BCUT2D eigenvalue weighted by molar-refractivity contribution is 6.10. The molecule has 1 N–H and O–H groups in total. The molecule has 0 saturated carbocycles. The zero-order valence-corrected chi connectivity index (χ0v) is 35.2. The number of amides is 4. The molecule has 0 heterocycles. The third-order valence-corrected chi connectivity index (χ3v) is 11.0. The van der Waals surface area contributed by atoms with E-state index in [0.717, 1.165) is 65.3 Å². The second-order valence-electron chi connectivity index (χ2n) is 16.4. The number of carbonyl (C=O) groups excluding carboxylic acids is 3. The summed E-state index contributed by atoms with van der Waals surface area (Å²) in [6, 6.07) is 38.8. The number of benzene rings is 7. The third kappa shape index (κ3) is 8.18. The van der Waals surface area contributed by atoms with E-state index >= 15 is 0 Å². The van der Waals surface area contributed by atoms with Gasteiger partial charge < -0.3 is 29.4 Å². The zero-order valence-electron chi connectivity index (χ0n) is 35.2. The van der Waals surface area contributed by atoms with Crippen molar-refractivity contribution in [2.24, 2.45) is 0 Å². The van der Waals surface area contributed by atoms with E-state index in [1.807, 2.05) is 118 Å². The molecular formula is C50H50N4O6. The Balaban J connectivity index is 1.20. The highest BCUT2D eigenvalue weighted by Gasteiger charge is 2.26. The lowest BCUT2D eigenvalue weighted by atomic mass is 9.91. The normalized spacial score (nSPS) is 11.5. The summed E-state index contributed by atoms with van der Waals surface area (Å²) in [4.78, 5) is 60.0. The van der Waals surface area contributed by atoms with Crippen LogP contribution in [-0.2, 0) is 30.9 Å². The smallest absolute Gasteiger partial charge is 0.410 e. The molecule has 7 rings (SSSR count). The monoisotopic (exact) mass is 802 g/mol. The van der Waals surface area contributed by atoms with Gasteiger partial charge in [0.25, 0.3) is 11.8 Å². The van der Waals surface area contributed by atoms with Crippen molar-refractivity contribution in [1.29, 1.82) is 0 Å². The van der Waals surface area contributed by atoms with Crippen LogP contribution in [0.2, 0.25) is 0 Å². The quantitative estimate of drug-likeness (QED) is 0.138. The summed E-state index contributed by atoms with van der Waals surface area (Å²) in [5, 5.41) is 17.3. The van der Waals surface area contributed by atoms with E-state index in [4.69, 9.17) is 4.74 Å². The van der Waals surface area contributed by atoms with E-state index in [1.165, 1.54) is 4.90 Å². The number of nitrogens with zero attached hydrogens (tertiary/aromatic N) is 4. The molecule has 306 valence electrons. The molecule has 60 heavy (non-hydrogen) atoms. The number of hydrogen-bond donors (Lipinski definition) is 1. The van der Waals surface area contributed by atoms with Gasteiger partial charge in [0.2, 0.25) is 0 Å². The Hall–Kier alpha value is -6.94. The molecular weight excluding hydrogens is 753 g/mol. The second-order valence-corrected chi connectivity index (χ2v) is 16.4. The van der Waals surface area contributed by atoms with E-state index in [-0.39, 0.29) is 31.4 Å². The maximum absolute atomic E-state index is 14.5. The first-order chi connectivity index (χ1) is 28.6. The summed E-state index contributed by atoms with van der Waals surface area (Å²) in [5.41, 5.74) is 3.72. The molecule has 0 atom stereocenters. The zero-order chi connectivity index (χ0) is 42.9. The van der Waals surface area contributed by atoms with Gasteiger partial charge in [-0.25, -0.2) is 9.59 Å². The van der Waals surface area contributed by atoms with Gasteiger partial charge in [-0.2, -0.15) is 0 Å². The molecule has 0 radical (unpaired) electrons. The number of carboxylic acid groups (broad SMARTS) is 1. The van der Waals surface area contributed by atoms with E-state index < -0.39 is 17.8 Å². The van der Waals surface area contributed by atoms with Crippen LogP contribution in [0.5, 0.6) is 0 Å². The van der Waals surface area contributed by atoms with Gasteiger partial charge in [-0.05, 0) is 98.2 Å². The molecule has 7 aromatic rings. The van der Waals surface area contributed by atoms with Gasteiger partial charge in [0.1, 0.15) is 5.60 Å². The minimum atomic E-state index is -1.02. The molecule has 0 bridgehead atoms. The number of carbonyl (C=O) groups is 4. The standard InChI is InChI=1S/C50H50N4O6/c1-50(2,3)60-49(59)54(7)31-45-38-24-14-10-20-34(38)43(35-21-11-15-25-39(35)45)29-52(5)47(56)41-27-17-16-26-40(41)46(55)51(4)28-42-32-18-8-12-22-36(32)44(30-53(6)48(57)58)37-23-13-9-19-33(37)42/h8-27H,28-31H2,1-7H3,(H,57,58). The number of fused-ring (bicyclic) bond motifs is 4. The molecule has 7 aromatic carbocycles. The largest absolute Gasteiger partial charge is 0.465 e. The highest BCUT2D eigenvalue weighted by Crippen LogP contribution is 2.37. The van der Waals surface area contributed by atoms with E-state index in [0.29, 0.717) is 17.7 Å². The number of rotatable bonds is 10. The highest BCUT2D eigenvalue weighted by atomic mass is 16.6. The maximum Gasteiger partial charge on any atom is 0.410 e. The Labute approximate surface area is 350 Å². The van der Waals surface area contributed by atoms with Crippen molar-refractivity contribution in [3.63, 3.8) is 0 Å². The lowest BCUT2D eigenvalue weighted by molar-refractivity contribution is 0.0286. The fourth-order valence-corrected chi connectivity index (χ4v) is 8.13. The van der Waals surface area contributed by atoms with Gasteiger partial charge in [-0.1, -0.05) is 109 Å². The lowest BCUT2D eigenvalue weighted by Gasteiger charge is -2.27. The molecule has 0 aliphatic heterocycles. The fourth-order valence-electron chi connectivity index (χ4n) is 8.13. The summed E-state index contributed by atoms with van der Waals surface area (Å²) < 4.78 is 5.67. The molecule has 0 aromatic heterocycles. The minimum absolute atomic E-state index is 0.204. The molecule has 0 aliphatic rings. The van der Waals surface area contributed by atoms with Crippen molar-refractivity contribution < 1.29 is 29.0 Å². The van der Waals surface area contributed by atoms with Crippen molar-refractivity contribution in [1.82, 2.24) is 19.6 Å². The molecule has 4 amide bonds. The Morgan fingerprint density at radius 3 is 0.950 bits per heavy atom. The Morgan fingerprint density at radius 1 is 0.433 bits per heavy atom. The molecule has 0 saturated heterocycles. The van der Waals surface area contributed by atoms with E-state index in [2.05, 4.69) is 0 Å². The minimum Gasteiger partial charge on any atom is -0.465 e. The lowest BCUT2D eigenvalue weighted by Crippen LogP contribution is -2.34. The fraction of sp³-hybridized carbons (Fsp3) is 0.240. The Morgan fingerprint density at radius 2 is 0.683 bits per heavy atom. The number of ether oxygens (including phenoxy) is 1. The van der Waals surface area contributed by atoms with Crippen LogP contribution in [0, 0.1) is 0 Å². The van der Waals surface area contributed by atoms with Crippen molar-refractivity contribution in [2.75, 3.05) is 28.2 Å². The molecule has 10 nitrogen and oxygen atoms in total. The first kappa shape index (κ1) is 41.2. The van der Waals surface area contributed by atoms with Gasteiger partial charge in [0.15, 0.2) is 0 Å². The van der Waals surface area contributed by atoms with Crippen LogP contribution >= 0.6 is 0 Å². The summed E-state index contributed by atoms with van der Waals surface area (Å²) in [6.07, 6.45) is -1.43. The predicted molar refractivity (Wildman–Crippen MR) is 238 cm³/mol. The van der Waals surface area contributed by atoms with Gasteiger partial charge in [0.05, 0.1) is 11.1 Å². The molecule has 0 unspecified atom stereocenters. The summed E-state index contributed by atoms with van der Waals surface area (Å²) in [5.74, 6) is -0.596. The number of hydrogen-bond acceptors (Lipinski definition) is 5. The van der Waals surface area contributed by atoms with Crippen LogP contribution in [-0.4, -0.2) is 82.5 Å². The van der Waals surface area contributed by atoms with Crippen LogP contribution in [0.15, 0.2) is 121 Å². The van der Waals surface area contributed by atoms with Gasteiger partial charge in [-0.3, -0.25) is 9.59 Å². The average molecular weight is 803 g/mol. The average Bonchev–Trinajstić information content (AvgIpc) is 3.24. The van der Waals surface area contributed by atoms with Gasteiger partial charge in [0, 0.05) is 54.4 Å². The Bertz CT molecular complexity index is 2700. The predicted octanol–water partition coefficient (Wildman–Crippen LogP) is 10.3. The van der Waals surface area contributed by atoms with Crippen LogP contribution in [0.4, 0.5) is 9.59 Å². The van der Waals surface area contributed by atoms with Crippen molar-refractivity contribution >= 4 is 67.1 Å². The van der Waals surface area contributed by atoms with Crippen LogP contribution in [0.3, 0.4) is 0 Å². The van der Waals surface area contributed by atoms with Crippen LogP contribution in [0.25, 0.3) is 43.1 Å². The molecule has 10 heteroatoms. The molecule has 0 aliphatic carbocycles. The maximum atomic E-state index is 14.5. The summed E-state index contributed by atoms with van der Waals surface area (Å²) >= 11 is 0. The van der Waals surface area contributed by atoms with Gasteiger partial charge >= 0.3 is 12.2 Å². The molecule has 0 fully saturated rings. The molecule has 0 spiro atoms. The second kappa shape index (κ2) is 16.7. The Kier molecular flexibility index (Phi) is 11.5. The first-order valence-corrected chi connectivity index (χ1v) is 19.9. The SMILES string of the molecule is CN(Cc1c2ccccc2c(CN(C)C(=O)c2ccccc2C(=O)N(C)Cc2c3ccccc3c(CN(C)C(=O)OC(C)(C)C)c3ccccc23)c2ccccc12)C(=O)O. The van der Waals surface area contributed by atoms with Crippen LogP contribution < -0.4 is 0 Å².